The number of hydrogen-bond acceptors (Lipinski definition) is 7. The first-order valence-corrected chi connectivity index (χ1v) is 4.61. The zero-order valence-electron chi connectivity index (χ0n) is 9.32. The Kier molecular flexibility index (Phi) is 21.2. The molecule has 0 saturated carbocycles. The summed E-state index contributed by atoms with van der Waals surface area (Å²) < 4.78 is 0. The van der Waals surface area contributed by atoms with Crippen LogP contribution in [0.4, 0.5) is 0 Å². The number of nitrogens with two attached hydrogens (primary N) is 2. The predicted molar refractivity (Wildman–Crippen MR) is 58.2 cm³/mol. The van der Waals surface area contributed by atoms with Gasteiger partial charge < -0.3 is 37.0 Å². The molecule has 0 radical (unpaired) electrons. The van der Waals surface area contributed by atoms with Gasteiger partial charge in [-0.25, -0.2) is 4.79 Å². The second-order valence-corrected chi connectivity index (χ2v) is 2.48. The van der Waals surface area contributed by atoms with Crippen molar-refractivity contribution in [3.05, 3.63) is 0 Å². The van der Waals surface area contributed by atoms with Crippen molar-refractivity contribution in [2.24, 2.45) is 11.5 Å². The topological polar surface area (TPSA) is 187 Å². The first-order valence-electron chi connectivity index (χ1n) is 4.61. The molecule has 1 atom stereocenters. The van der Waals surface area contributed by atoms with Crippen LogP contribution in [0.5, 0.6) is 0 Å². The fourth-order valence-electron chi connectivity index (χ4n) is 0.253. The van der Waals surface area contributed by atoms with Crippen LogP contribution in [0.2, 0.25) is 0 Å². The third kappa shape index (κ3) is 31.3. The number of carboxylic acid groups (broad SMARTS) is 2. The molecule has 0 aliphatic carbocycles. The maximum absolute atomic E-state index is 9.72. The molecule has 0 saturated heterocycles. The van der Waals surface area contributed by atoms with Crippen LogP contribution in [0.1, 0.15) is 6.42 Å². The maximum Gasteiger partial charge on any atom is 0.333 e. The maximum atomic E-state index is 9.72. The predicted octanol–water partition coefficient (Wildman–Crippen LogP) is -3.22. The van der Waals surface area contributed by atoms with Crippen LogP contribution >= 0.6 is 0 Å². The fourth-order valence-corrected chi connectivity index (χ4v) is 0.253. The molecule has 0 heterocycles. The highest BCUT2D eigenvalue weighted by Crippen LogP contribution is 1.89. The van der Waals surface area contributed by atoms with Crippen molar-refractivity contribution >= 4 is 11.9 Å². The molecule has 0 aromatic heterocycles. The van der Waals surface area contributed by atoms with Gasteiger partial charge in [0.25, 0.3) is 0 Å². The van der Waals surface area contributed by atoms with Gasteiger partial charge in [-0.1, -0.05) is 0 Å². The molecule has 0 rings (SSSR count). The molecule has 9 N–H and O–H groups in total. The van der Waals surface area contributed by atoms with Gasteiger partial charge in [0, 0.05) is 13.1 Å². The lowest BCUT2D eigenvalue weighted by Crippen LogP contribution is -2.22. The summed E-state index contributed by atoms with van der Waals surface area (Å²) in [7, 11) is 0. The molecule has 104 valence electrons. The van der Waals surface area contributed by atoms with E-state index in [4.69, 9.17) is 37.0 Å². The number of aliphatic hydroxyl groups is 3. The Balaban J connectivity index is -0.000000205. The van der Waals surface area contributed by atoms with Crippen molar-refractivity contribution in [1.29, 1.82) is 0 Å². The van der Waals surface area contributed by atoms with E-state index in [1.54, 1.807) is 0 Å². The Hall–Kier alpha value is -1.26. The van der Waals surface area contributed by atoms with Gasteiger partial charge >= 0.3 is 11.9 Å². The summed E-state index contributed by atoms with van der Waals surface area (Å²) in [5, 5.41) is 39.6. The second-order valence-electron chi connectivity index (χ2n) is 2.48. The van der Waals surface area contributed by atoms with E-state index in [1.165, 1.54) is 0 Å². The third-order valence-corrected chi connectivity index (χ3v) is 0.911. The fraction of sp³-hybridized carbons (Fsp3) is 0.750. The minimum Gasteiger partial charge on any atom is -0.481 e. The molecular weight excluding hydrogens is 236 g/mol. The Bertz CT molecular complexity index is 181. The number of aliphatic carboxylic acids is 2. The second kappa shape index (κ2) is 17.1. The van der Waals surface area contributed by atoms with Crippen molar-refractivity contribution in [3.63, 3.8) is 0 Å². The Morgan fingerprint density at radius 1 is 1.00 bits per heavy atom. The van der Waals surface area contributed by atoms with Crippen LogP contribution in [0.15, 0.2) is 0 Å². The van der Waals surface area contributed by atoms with Gasteiger partial charge in [0.1, 0.15) is 0 Å². The monoisotopic (exact) mass is 256 g/mol. The molecule has 0 aromatic carbocycles. The van der Waals surface area contributed by atoms with E-state index in [1.807, 2.05) is 0 Å². The molecule has 17 heavy (non-hydrogen) atoms. The molecule has 0 aromatic rings. The highest BCUT2D eigenvalue weighted by molar-refractivity contribution is 5.79. The molecule has 0 spiro atoms. The molecule has 0 bridgehead atoms. The average Bonchev–Trinajstić information content (AvgIpc) is 2.28. The van der Waals surface area contributed by atoms with Gasteiger partial charge in [-0.3, -0.25) is 4.79 Å². The summed E-state index contributed by atoms with van der Waals surface area (Å²) in [6, 6.07) is 0. The molecular formula is C8H20N2O7. The summed E-state index contributed by atoms with van der Waals surface area (Å²) in [5.74, 6) is -2.85. The molecule has 9 nitrogen and oxygen atoms in total. The number of aliphatic hydroxyl groups excluding tert-OH is 3. The molecule has 0 aliphatic rings. The van der Waals surface area contributed by atoms with Gasteiger partial charge in [-0.2, -0.15) is 0 Å². The van der Waals surface area contributed by atoms with Crippen LogP contribution in [0.25, 0.3) is 0 Å². The molecule has 1 unspecified atom stereocenters. The SMILES string of the molecule is NCCO.NCCO.O=C(O)CC(O)C(=O)O. The molecule has 9 heteroatoms. The zero-order valence-corrected chi connectivity index (χ0v) is 9.32. The minimum absolute atomic E-state index is 0.0972. The van der Waals surface area contributed by atoms with Gasteiger partial charge in [0.2, 0.25) is 0 Å². The number of carbonyl (C=O) groups is 2. The van der Waals surface area contributed by atoms with Crippen molar-refractivity contribution in [2.75, 3.05) is 26.3 Å². The lowest BCUT2D eigenvalue weighted by Gasteiger charge is -1.97. The van der Waals surface area contributed by atoms with Gasteiger partial charge in [0.05, 0.1) is 19.6 Å². The average molecular weight is 256 g/mol. The van der Waals surface area contributed by atoms with Gasteiger partial charge in [-0.15, -0.1) is 0 Å². The first-order chi connectivity index (χ1) is 7.87. The van der Waals surface area contributed by atoms with Crippen LogP contribution in [-0.2, 0) is 9.59 Å². The van der Waals surface area contributed by atoms with Crippen molar-refractivity contribution in [3.8, 4) is 0 Å². The summed E-state index contributed by atoms with van der Waals surface area (Å²) in [6.45, 7) is 0.944. The summed E-state index contributed by atoms with van der Waals surface area (Å²) in [4.78, 5) is 19.4. The lowest BCUT2D eigenvalue weighted by molar-refractivity contribution is -0.152. The van der Waals surface area contributed by atoms with E-state index in [-0.39, 0.29) is 13.2 Å². The number of carboxylic acids is 2. The van der Waals surface area contributed by atoms with Crippen LogP contribution in [0.3, 0.4) is 0 Å². The van der Waals surface area contributed by atoms with E-state index in [0.717, 1.165) is 0 Å². The Morgan fingerprint density at radius 2 is 1.29 bits per heavy atom. The highest BCUT2D eigenvalue weighted by Gasteiger charge is 2.16. The number of rotatable bonds is 5. The van der Waals surface area contributed by atoms with Crippen LogP contribution in [0, 0.1) is 0 Å². The quantitative estimate of drug-likeness (QED) is 0.265. The largest absolute Gasteiger partial charge is 0.481 e. The van der Waals surface area contributed by atoms with Crippen LogP contribution < -0.4 is 11.5 Å². The van der Waals surface area contributed by atoms with Crippen molar-refractivity contribution in [2.45, 2.75) is 12.5 Å². The van der Waals surface area contributed by atoms with E-state index in [0.29, 0.717) is 13.1 Å². The van der Waals surface area contributed by atoms with E-state index < -0.39 is 24.5 Å². The Morgan fingerprint density at radius 3 is 1.35 bits per heavy atom. The van der Waals surface area contributed by atoms with Crippen molar-refractivity contribution in [1.82, 2.24) is 0 Å². The third-order valence-electron chi connectivity index (χ3n) is 0.911. The van der Waals surface area contributed by atoms with E-state index in [9.17, 15) is 9.59 Å². The summed E-state index contributed by atoms with van der Waals surface area (Å²) in [5.41, 5.74) is 9.56. The smallest absolute Gasteiger partial charge is 0.333 e. The standard InChI is InChI=1S/C4H6O5.2C2H7NO/c5-2(4(8)9)1-3(6)7;2*3-1-2-4/h2,5H,1H2,(H,6,7)(H,8,9);2*4H,1-3H2. The van der Waals surface area contributed by atoms with Crippen LogP contribution in [-0.4, -0.2) is 69.9 Å². The molecule has 0 fully saturated rings. The van der Waals surface area contributed by atoms with E-state index >= 15 is 0 Å². The summed E-state index contributed by atoms with van der Waals surface area (Å²) >= 11 is 0. The Labute approximate surface area is 98.3 Å². The zero-order chi connectivity index (χ0) is 14.3. The minimum atomic E-state index is -1.79. The normalized spacial score (nSPS) is 10.2. The molecule has 0 aliphatic heterocycles. The van der Waals surface area contributed by atoms with Crippen molar-refractivity contribution < 1.29 is 35.1 Å². The van der Waals surface area contributed by atoms with E-state index in [2.05, 4.69) is 0 Å². The highest BCUT2D eigenvalue weighted by atomic mass is 16.4. The van der Waals surface area contributed by atoms with Gasteiger partial charge in [-0.05, 0) is 0 Å². The molecule has 0 amide bonds. The first kappa shape index (κ1) is 21.1. The summed E-state index contributed by atoms with van der Waals surface area (Å²) in [6.07, 6.45) is -2.54. The lowest BCUT2D eigenvalue weighted by atomic mass is 10.3. The number of hydrogen-bond donors (Lipinski definition) is 7. The van der Waals surface area contributed by atoms with Gasteiger partial charge in [0.15, 0.2) is 6.10 Å².